The molecule has 0 unspecified atom stereocenters. The highest BCUT2D eigenvalue weighted by Gasteiger charge is 2.15. The smallest absolute Gasteiger partial charge is 0.124 e. The van der Waals surface area contributed by atoms with Crippen LogP contribution in [0, 0.1) is 18.6 Å². The molecule has 4 aromatic rings. The van der Waals surface area contributed by atoms with E-state index in [0.717, 1.165) is 37.4 Å². The van der Waals surface area contributed by atoms with Crippen LogP contribution >= 0.6 is 22.7 Å². The van der Waals surface area contributed by atoms with E-state index in [2.05, 4.69) is 9.97 Å². The van der Waals surface area contributed by atoms with Crippen molar-refractivity contribution < 1.29 is 8.78 Å². The maximum Gasteiger partial charge on any atom is 0.124 e. The summed E-state index contributed by atoms with van der Waals surface area (Å²) in [6.07, 6.45) is 0. The normalized spacial score (nSPS) is 11.0. The second-order valence-electron chi connectivity index (χ2n) is 5.49. The summed E-state index contributed by atoms with van der Waals surface area (Å²) < 4.78 is 26.2. The average Bonchev–Trinajstić information content (AvgIpc) is 3.23. The molecule has 0 bridgehead atoms. The molecule has 0 aliphatic heterocycles. The predicted octanol–water partition coefficient (Wildman–Crippen LogP) is 6.19. The molecular formula is C19H12F2N2S2. The molecule has 2 heterocycles. The first kappa shape index (κ1) is 16.1. The molecule has 0 saturated heterocycles. The van der Waals surface area contributed by atoms with Gasteiger partial charge < -0.3 is 0 Å². The number of thiazole rings is 2. The molecule has 0 aliphatic rings. The summed E-state index contributed by atoms with van der Waals surface area (Å²) in [5, 5.41) is 3.66. The van der Waals surface area contributed by atoms with Gasteiger partial charge in [-0.15, -0.1) is 22.7 Å². The van der Waals surface area contributed by atoms with Crippen LogP contribution in [0.1, 0.15) is 5.69 Å². The van der Waals surface area contributed by atoms with Gasteiger partial charge in [0.15, 0.2) is 0 Å². The van der Waals surface area contributed by atoms with Crippen LogP contribution < -0.4 is 0 Å². The zero-order valence-corrected chi connectivity index (χ0v) is 14.8. The molecule has 0 N–H and O–H groups in total. The van der Waals surface area contributed by atoms with Crippen molar-refractivity contribution in [1.82, 2.24) is 9.97 Å². The van der Waals surface area contributed by atoms with Gasteiger partial charge >= 0.3 is 0 Å². The summed E-state index contributed by atoms with van der Waals surface area (Å²) >= 11 is 3.05. The summed E-state index contributed by atoms with van der Waals surface area (Å²) in [6.45, 7) is 1.94. The quantitative estimate of drug-likeness (QED) is 0.430. The Morgan fingerprint density at radius 1 is 0.760 bits per heavy atom. The SMILES string of the molecule is Cc1nc(-c2ccc(F)cc2)sc1-c1csc(-c2ccc(F)cc2)n1. The second-order valence-corrected chi connectivity index (χ2v) is 7.34. The van der Waals surface area contributed by atoms with Gasteiger partial charge in [0.1, 0.15) is 21.6 Å². The van der Waals surface area contributed by atoms with Gasteiger partial charge in [-0.25, -0.2) is 18.7 Å². The molecule has 0 radical (unpaired) electrons. The third-order valence-corrected chi connectivity index (χ3v) is 5.84. The molecule has 0 aliphatic carbocycles. The van der Waals surface area contributed by atoms with Crippen molar-refractivity contribution in [3.63, 3.8) is 0 Å². The molecule has 0 amide bonds. The molecule has 0 spiro atoms. The summed E-state index contributed by atoms with van der Waals surface area (Å²) in [7, 11) is 0. The lowest BCUT2D eigenvalue weighted by molar-refractivity contribution is 0.627. The molecule has 2 nitrogen and oxygen atoms in total. The van der Waals surface area contributed by atoms with E-state index in [9.17, 15) is 8.78 Å². The first-order valence-corrected chi connectivity index (χ1v) is 9.25. The van der Waals surface area contributed by atoms with Gasteiger partial charge in [-0.2, -0.15) is 0 Å². The van der Waals surface area contributed by atoms with Gasteiger partial charge in [0.2, 0.25) is 0 Å². The molecule has 25 heavy (non-hydrogen) atoms. The van der Waals surface area contributed by atoms with Crippen molar-refractivity contribution in [2.45, 2.75) is 6.92 Å². The Bertz CT molecular complexity index is 1020. The van der Waals surface area contributed by atoms with Gasteiger partial charge in [-0.1, -0.05) is 0 Å². The lowest BCUT2D eigenvalue weighted by Crippen LogP contribution is -1.81. The summed E-state index contributed by atoms with van der Waals surface area (Å²) in [5.74, 6) is -0.525. The number of aromatic nitrogens is 2. The standard InChI is InChI=1S/C19H12F2N2S2/c1-11-17(25-19(22-11)13-4-8-15(21)9-5-13)16-10-24-18(23-16)12-2-6-14(20)7-3-12/h2-10H,1H3. The number of benzene rings is 2. The number of hydrogen-bond donors (Lipinski definition) is 0. The van der Waals surface area contributed by atoms with E-state index in [4.69, 9.17) is 0 Å². The van der Waals surface area contributed by atoms with Crippen LogP contribution in [0.4, 0.5) is 8.78 Å². The van der Waals surface area contributed by atoms with Crippen molar-refractivity contribution in [2.24, 2.45) is 0 Å². The van der Waals surface area contributed by atoms with Crippen LogP contribution in [-0.4, -0.2) is 9.97 Å². The highest BCUT2D eigenvalue weighted by molar-refractivity contribution is 7.19. The van der Waals surface area contributed by atoms with Crippen molar-refractivity contribution >= 4 is 22.7 Å². The molecule has 2 aromatic carbocycles. The highest BCUT2D eigenvalue weighted by atomic mass is 32.1. The van der Waals surface area contributed by atoms with Crippen LogP contribution in [-0.2, 0) is 0 Å². The number of halogens is 2. The van der Waals surface area contributed by atoms with Gasteiger partial charge in [0, 0.05) is 16.5 Å². The number of nitrogens with zero attached hydrogens (tertiary/aromatic N) is 2. The molecule has 4 rings (SSSR count). The minimum atomic E-state index is -0.263. The Hall–Kier alpha value is -2.44. The van der Waals surface area contributed by atoms with Crippen molar-refractivity contribution in [1.29, 1.82) is 0 Å². The van der Waals surface area contributed by atoms with Crippen LogP contribution in [0.25, 0.3) is 31.7 Å². The van der Waals surface area contributed by atoms with E-state index in [0.29, 0.717) is 0 Å². The van der Waals surface area contributed by atoms with E-state index in [-0.39, 0.29) is 11.6 Å². The second kappa shape index (κ2) is 6.46. The van der Waals surface area contributed by atoms with Gasteiger partial charge in [0.25, 0.3) is 0 Å². The third kappa shape index (κ3) is 3.23. The molecule has 6 heteroatoms. The first-order chi connectivity index (χ1) is 12.1. The summed E-state index contributed by atoms with van der Waals surface area (Å²) in [4.78, 5) is 10.3. The van der Waals surface area contributed by atoms with Crippen molar-refractivity contribution in [3.05, 3.63) is 71.2 Å². The van der Waals surface area contributed by atoms with E-state index in [1.807, 2.05) is 12.3 Å². The maximum atomic E-state index is 13.1. The van der Waals surface area contributed by atoms with Crippen molar-refractivity contribution in [2.75, 3.05) is 0 Å². The molecule has 2 aromatic heterocycles. The Morgan fingerprint density at radius 2 is 1.32 bits per heavy atom. The van der Waals surface area contributed by atoms with Crippen molar-refractivity contribution in [3.8, 4) is 31.7 Å². The lowest BCUT2D eigenvalue weighted by atomic mass is 10.2. The van der Waals surface area contributed by atoms with E-state index in [1.165, 1.54) is 46.9 Å². The lowest BCUT2D eigenvalue weighted by Gasteiger charge is -1.95. The van der Waals surface area contributed by atoms with Gasteiger partial charge in [-0.3, -0.25) is 0 Å². The van der Waals surface area contributed by atoms with Gasteiger partial charge in [-0.05, 0) is 55.5 Å². The number of rotatable bonds is 3. The first-order valence-electron chi connectivity index (χ1n) is 7.55. The van der Waals surface area contributed by atoms with E-state index in [1.54, 1.807) is 24.3 Å². The summed E-state index contributed by atoms with van der Waals surface area (Å²) in [5.41, 5.74) is 3.52. The zero-order valence-electron chi connectivity index (χ0n) is 13.2. The van der Waals surface area contributed by atoms with Gasteiger partial charge in [0.05, 0.1) is 16.3 Å². The zero-order chi connectivity index (χ0) is 17.4. The van der Waals surface area contributed by atoms with E-state index >= 15 is 0 Å². The van der Waals surface area contributed by atoms with Crippen LogP contribution in [0.2, 0.25) is 0 Å². The number of hydrogen-bond acceptors (Lipinski definition) is 4. The highest BCUT2D eigenvalue weighted by Crippen LogP contribution is 2.37. The minimum Gasteiger partial charge on any atom is -0.241 e. The minimum absolute atomic E-state index is 0.261. The Labute approximate surface area is 151 Å². The fraction of sp³-hybridized carbons (Fsp3) is 0.0526. The topological polar surface area (TPSA) is 25.8 Å². The van der Waals surface area contributed by atoms with Crippen LogP contribution in [0.15, 0.2) is 53.9 Å². The average molecular weight is 370 g/mol. The largest absolute Gasteiger partial charge is 0.241 e. The van der Waals surface area contributed by atoms with Crippen LogP contribution in [0.3, 0.4) is 0 Å². The Morgan fingerprint density at radius 3 is 1.92 bits per heavy atom. The predicted molar refractivity (Wildman–Crippen MR) is 98.7 cm³/mol. The fourth-order valence-corrected chi connectivity index (χ4v) is 4.38. The molecule has 124 valence electrons. The van der Waals surface area contributed by atoms with Crippen LogP contribution in [0.5, 0.6) is 0 Å². The van der Waals surface area contributed by atoms with E-state index < -0.39 is 0 Å². The molecule has 0 saturated carbocycles. The fourth-order valence-electron chi connectivity index (χ4n) is 2.45. The maximum absolute atomic E-state index is 13.1. The summed E-state index contributed by atoms with van der Waals surface area (Å²) in [6, 6.07) is 12.6. The molecule has 0 fully saturated rings. The molecule has 0 atom stereocenters. The Balaban J connectivity index is 1.69. The third-order valence-electron chi connectivity index (χ3n) is 3.72. The molecular weight excluding hydrogens is 358 g/mol. The monoisotopic (exact) mass is 370 g/mol. The number of aryl methyl sites for hydroxylation is 1. The Kier molecular flexibility index (Phi) is 4.15.